The topological polar surface area (TPSA) is 90.2 Å². The van der Waals surface area contributed by atoms with Gasteiger partial charge in [-0.3, -0.25) is 29.9 Å². The predicted octanol–water partition coefficient (Wildman–Crippen LogP) is 18.5. The van der Waals surface area contributed by atoms with Crippen molar-refractivity contribution in [3.05, 3.63) is 206 Å². The molecule has 0 atom stereocenters. The number of hydrogen-bond donors (Lipinski definition) is 0. The van der Waals surface area contributed by atoms with Gasteiger partial charge < -0.3 is 0 Å². The molecule has 70 heavy (non-hydrogen) atoms. The SMILES string of the molecule is CC(C)c1cc(Cl)ccn1.CC(C)c1cc(F)ccn1.CC(C)c1ccc(Cl)cn1.CC(C)c1ccc(F)cn1.CC(C)c1cccc(Cl)n1.CC(C)c1ncccc1Cl.CC(C)c1ncccc1F. The molecule has 7 aromatic rings. The minimum atomic E-state index is -0.274. The Bertz CT molecular complexity index is 2270. The van der Waals surface area contributed by atoms with E-state index in [2.05, 4.69) is 90.3 Å². The first-order chi connectivity index (χ1) is 32.9. The van der Waals surface area contributed by atoms with Crippen LogP contribution in [0.15, 0.2) is 128 Å². The van der Waals surface area contributed by atoms with Crippen LogP contribution in [-0.4, -0.2) is 34.9 Å². The highest BCUT2D eigenvalue weighted by Gasteiger charge is 2.06. The molecule has 378 valence electrons. The van der Waals surface area contributed by atoms with Crippen molar-refractivity contribution >= 4 is 46.4 Å². The number of pyridine rings is 7. The highest BCUT2D eigenvalue weighted by atomic mass is 35.5. The second-order valence-electron chi connectivity index (χ2n) is 17.8. The fourth-order valence-electron chi connectivity index (χ4n) is 5.32. The summed E-state index contributed by atoms with van der Waals surface area (Å²) in [5, 5.41) is 2.80. The number of halogens is 7. The van der Waals surface area contributed by atoms with Gasteiger partial charge in [0.25, 0.3) is 0 Å². The lowest BCUT2D eigenvalue weighted by molar-refractivity contribution is 0.584. The van der Waals surface area contributed by atoms with E-state index < -0.39 is 0 Å². The van der Waals surface area contributed by atoms with Crippen molar-refractivity contribution < 1.29 is 13.2 Å². The number of hydrogen-bond acceptors (Lipinski definition) is 7. The molecule has 0 N–H and O–H groups in total. The number of aromatic nitrogens is 7. The molecule has 0 fully saturated rings. The Morgan fingerprint density at radius 2 is 0.857 bits per heavy atom. The van der Waals surface area contributed by atoms with Crippen LogP contribution in [0.1, 0.15) is 178 Å². The van der Waals surface area contributed by atoms with Crippen molar-refractivity contribution in [2.24, 2.45) is 0 Å². The van der Waals surface area contributed by atoms with E-state index in [4.69, 9.17) is 46.4 Å². The summed E-state index contributed by atoms with van der Waals surface area (Å²) < 4.78 is 37.6. The van der Waals surface area contributed by atoms with Gasteiger partial charge in [-0.25, -0.2) is 18.2 Å². The van der Waals surface area contributed by atoms with E-state index in [1.165, 1.54) is 36.7 Å². The molecule has 0 amide bonds. The lowest BCUT2D eigenvalue weighted by atomic mass is 10.1. The molecule has 14 heteroatoms. The molecule has 7 heterocycles. The van der Waals surface area contributed by atoms with Crippen LogP contribution >= 0.6 is 46.4 Å². The zero-order valence-electron chi connectivity index (χ0n) is 42.9. The second-order valence-corrected chi connectivity index (χ2v) is 19.5. The molecule has 0 aliphatic carbocycles. The first-order valence-corrected chi connectivity index (χ1v) is 24.7. The van der Waals surface area contributed by atoms with E-state index in [1.807, 2.05) is 84.0 Å². The van der Waals surface area contributed by atoms with Gasteiger partial charge in [0.1, 0.15) is 22.6 Å². The fourth-order valence-corrected chi connectivity index (χ4v) is 6.11. The average Bonchev–Trinajstić information content (AvgIpc) is 3.31. The Labute approximate surface area is 436 Å². The van der Waals surface area contributed by atoms with Gasteiger partial charge in [0, 0.05) is 64.5 Å². The Hall–Kier alpha value is -5.00. The van der Waals surface area contributed by atoms with Crippen molar-refractivity contribution in [2.45, 2.75) is 138 Å². The molecule has 0 aliphatic heterocycles. The molecule has 0 aromatic carbocycles. The normalized spacial score (nSPS) is 10.4. The lowest BCUT2D eigenvalue weighted by Crippen LogP contribution is -1.95. The van der Waals surface area contributed by atoms with E-state index in [0.29, 0.717) is 51.4 Å². The van der Waals surface area contributed by atoms with Crippen molar-refractivity contribution in [3.8, 4) is 0 Å². The van der Waals surface area contributed by atoms with Gasteiger partial charge in [0.2, 0.25) is 0 Å². The highest BCUT2D eigenvalue weighted by Crippen LogP contribution is 2.21. The molecule has 0 radical (unpaired) electrons. The Morgan fingerprint density at radius 1 is 0.357 bits per heavy atom. The Balaban J connectivity index is 0.000000408. The van der Waals surface area contributed by atoms with Crippen molar-refractivity contribution in [3.63, 3.8) is 0 Å². The molecule has 0 saturated heterocycles. The first-order valence-electron chi connectivity index (χ1n) is 23.2. The van der Waals surface area contributed by atoms with Crippen LogP contribution in [-0.2, 0) is 0 Å². The molecule has 7 nitrogen and oxygen atoms in total. The maximum absolute atomic E-state index is 12.8. The third-order valence-corrected chi connectivity index (χ3v) is 10.3. The Morgan fingerprint density at radius 3 is 1.21 bits per heavy atom. The third kappa shape index (κ3) is 26.8. The molecule has 7 aromatic heterocycles. The maximum Gasteiger partial charge on any atom is 0.144 e. The highest BCUT2D eigenvalue weighted by molar-refractivity contribution is 6.31. The summed E-state index contributed by atoms with van der Waals surface area (Å²) in [6.07, 6.45) is 9.52. The van der Waals surface area contributed by atoms with Crippen LogP contribution in [0.2, 0.25) is 20.2 Å². The largest absolute Gasteiger partial charge is 0.261 e. The Kier molecular flexibility index (Phi) is 30.9. The molecule has 7 rings (SSSR count). The summed E-state index contributed by atoms with van der Waals surface area (Å²) in [6.45, 7) is 28.6. The quantitative estimate of drug-likeness (QED) is 0.147. The van der Waals surface area contributed by atoms with E-state index in [0.717, 1.165) is 44.2 Å². The summed E-state index contributed by atoms with van der Waals surface area (Å²) in [4.78, 5) is 28.4. The number of nitrogens with zero attached hydrogens (tertiary/aromatic N) is 7. The molecule has 0 saturated carbocycles. The smallest absolute Gasteiger partial charge is 0.144 e. The zero-order valence-corrected chi connectivity index (χ0v) is 46.0. The summed E-state index contributed by atoms with van der Waals surface area (Å²) in [5.41, 5.74) is 6.44. The summed E-state index contributed by atoms with van der Waals surface area (Å²) in [6, 6.07) is 25.9. The summed E-state index contributed by atoms with van der Waals surface area (Å²) in [5.74, 6) is 1.96. The molecular formula is C56H70Cl4F3N7. The van der Waals surface area contributed by atoms with Crippen LogP contribution in [0.3, 0.4) is 0 Å². The van der Waals surface area contributed by atoms with Gasteiger partial charge in [-0.1, -0.05) is 149 Å². The van der Waals surface area contributed by atoms with Crippen molar-refractivity contribution in [1.82, 2.24) is 34.9 Å². The van der Waals surface area contributed by atoms with Crippen LogP contribution in [0.4, 0.5) is 13.2 Å². The standard InChI is InChI=1S/4C8H10ClN.3C8H10FN/c1-6(2)8-5-7(9)3-4-10-8;1-6(2)8-4-3-7(9)5-10-8;1-6(2)8-7(9)4-3-5-10-8;1-6(2)7-4-3-5-8(9)10-7;1-6(2)8-5-7(9)3-4-10-8;1-6(2)8-4-3-7(9)5-10-8;1-6(2)8-7(9)4-3-5-10-8/h7*3-6H,1-2H3. The van der Waals surface area contributed by atoms with Gasteiger partial charge in [-0.05, 0) is 126 Å². The van der Waals surface area contributed by atoms with E-state index in [9.17, 15) is 13.2 Å². The summed E-state index contributed by atoms with van der Waals surface area (Å²) >= 11 is 22.9. The van der Waals surface area contributed by atoms with Crippen LogP contribution < -0.4 is 0 Å². The molecule has 0 unspecified atom stereocenters. The van der Waals surface area contributed by atoms with Crippen LogP contribution in [0.5, 0.6) is 0 Å². The third-order valence-electron chi connectivity index (χ3n) is 9.35. The van der Waals surface area contributed by atoms with Gasteiger partial charge >= 0.3 is 0 Å². The van der Waals surface area contributed by atoms with Crippen LogP contribution in [0.25, 0.3) is 0 Å². The summed E-state index contributed by atoms with van der Waals surface area (Å²) in [7, 11) is 0. The second kappa shape index (κ2) is 34.3. The number of rotatable bonds is 7. The molecule has 0 aliphatic rings. The van der Waals surface area contributed by atoms with E-state index in [-0.39, 0.29) is 23.4 Å². The maximum atomic E-state index is 12.8. The zero-order chi connectivity index (χ0) is 52.9. The first kappa shape index (κ1) is 63.0. The predicted molar refractivity (Wildman–Crippen MR) is 288 cm³/mol. The van der Waals surface area contributed by atoms with Gasteiger partial charge in [0.05, 0.1) is 27.6 Å². The lowest BCUT2D eigenvalue weighted by Gasteiger charge is -2.04. The van der Waals surface area contributed by atoms with Crippen LogP contribution in [0, 0.1) is 17.5 Å². The monoisotopic (exact) mass is 1040 g/mol. The van der Waals surface area contributed by atoms with Gasteiger partial charge in [-0.2, -0.15) is 0 Å². The molecule has 0 spiro atoms. The van der Waals surface area contributed by atoms with Crippen molar-refractivity contribution in [1.29, 1.82) is 0 Å². The van der Waals surface area contributed by atoms with E-state index >= 15 is 0 Å². The van der Waals surface area contributed by atoms with Crippen molar-refractivity contribution in [2.75, 3.05) is 0 Å². The molecule has 0 bridgehead atoms. The van der Waals surface area contributed by atoms with Gasteiger partial charge in [-0.15, -0.1) is 0 Å². The average molecular weight is 1040 g/mol. The molecular weight excluding hydrogens is 969 g/mol. The van der Waals surface area contributed by atoms with E-state index in [1.54, 1.807) is 49.1 Å². The minimum absolute atomic E-state index is 0.168. The fraction of sp³-hybridized carbons (Fsp3) is 0.375. The van der Waals surface area contributed by atoms with Gasteiger partial charge in [0.15, 0.2) is 0 Å². The minimum Gasteiger partial charge on any atom is -0.261 e.